The van der Waals surface area contributed by atoms with Crippen LogP contribution < -0.4 is 16.0 Å². The van der Waals surface area contributed by atoms with Gasteiger partial charge in [-0.1, -0.05) is 18.2 Å². The summed E-state index contributed by atoms with van der Waals surface area (Å²) in [6.07, 6.45) is 5.32. The van der Waals surface area contributed by atoms with E-state index in [1.165, 1.54) is 0 Å². The van der Waals surface area contributed by atoms with Crippen LogP contribution in [0.2, 0.25) is 0 Å². The molecule has 2 aromatic heterocycles. The van der Waals surface area contributed by atoms with Crippen LogP contribution in [0.15, 0.2) is 30.5 Å². The number of rotatable bonds is 2. The SMILES string of the molecule is NC(=O)c1cnc(N2CCCC3(CCCNC3=O)C2)c2c1[nH]c1ccccc12. The number of nitrogens with zero attached hydrogens (tertiary/aromatic N) is 2. The van der Waals surface area contributed by atoms with Gasteiger partial charge < -0.3 is 20.9 Å². The normalized spacial score (nSPS) is 22.7. The van der Waals surface area contributed by atoms with Crippen LogP contribution in [0.4, 0.5) is 5.82 Å². The maximum Gasteiger partial charge on any atom is 0.252 e. The predicted molar refractivity (Wildman–Crippen MR) is 108 cm³/mol. The van der Waals surface area contributed by atoms with Crippen LogP contribution in [0.1, 0.15) is 36.0 Å². The number of H-pyrrole nitrogens is 1. The molecule has 7 heteroatoms. The summed E-state index contributed by atoms with van der Waals surface area (Å²) in [5.74, 6) is 0.472. The minimum Gasteiger partial charge on any atom is -0.365 e. The zero-order valence-corrected chi connectivity index (χ0v) is 15.6. The van der Waals surface area contributed by atoms with Gasteiger partial charge in [0.2, 0.25) is 5.91 Å². The van der Waals surface area contributed by atoms with Crippen LogP contribution in [0, 0.1) is 5.41 Å². The van der Waals surface area contributed by atoms with Gasteiger partial charge >= 0.3 is 0 Å². The quantitative estimate of drug-likeness (QED) is 0.637. The van der Waals surface area contributed by atoms with E-state index in [9.17, 15) is 9.59 Å². The fourth-order valence-electron chi connectivity index (χ4n) is 4.89. The first-order chi connectivity index (χ1) is 13.6. The van der Waals surface area contributed by atoms with Gasteiger partial charge in [-0.15, -0.1) is 0 Å². The summed E-state index contributed by atoms with van der Waals surface area (Å²) in [5, 5.41) is 4.96. The lowest BCUT2D eigenvalue weighted by molar-refractivity contribution is -0.134. The number of primary amides is 1. The number of benzene rings is 1. The molecule has 28 heavy (non-hydrogen) atoms. The predicted octanol–water partition coefficient (Wildman–Crippen LogP) is 2.31. The Bertz CT molecular complexity index is 1100. The van der Waals surface area contributed by atoms with Gasteiger partial charge in [0.05, 0.1) is 21.9 Å². The molecule has 2 aliphatic rings. The number of fused-ring (bicyclic) bond motifs is 3. The number of nitrogens with one attached hydrogen (secondary N) is 2. The fraction of sp³-hybridized carbons (Fsp3) is 0.381. The molecule has 4 heterocycles. The summed E-state index contributed by atoms with van der Waals surface area (Å²) >= 11 is 0. The van der Waals surface area contributed by atoms with E-state index in [4.69, 9.17) is 5.73 Å². The molecule has 0 radical (unpaired) electrons. The first-order valence-corrected chi connectivity index (χ1v) is 9.82. The molecule has 2 amide bonds. The van der Waals surface area contributed by atoms with Crippen LogP contribution in [-0.4, -0.2) is 41.4 Å². The molecular weight excluding hydrogens is 354 g/mol. The number of hydrogen-bond donors (Lipinski definition) is 3. The minimum absolute atomic E-state index is 0.160. The highest BCUT2D eigenvalue weighted by atomic mass is 16.2. The van der Waals surface area contributed by atoms with E-state index in [1.807, 2.05) is 24.3 Å². The van der Waals surface area contributed by atoms with Crippen molar-refractivity contribution in [3.05, 3.63) is 36.0 Å². The summed E-state index contributed by atoms with van der Waals surface area (Å²) in [4.78, 5) is 34.9. The standard InChI is InChI=1S/C21H23N5O2/c22-18(27)14-11-24-19(16-13-5-1-2-6-15(13)25-17(14)16)26-10-4-8-21(12-26)7-3-9-23-20(21)28/h1-2,5-6,11,25H,3-4,7-10,12H2,(H2,22,27)(H,23,28). The second-order valence-corrected chi connectivity index (χ2v) is 7.95. The Morgan fingerprint density at radius 1 is 1.21 bits per heavy atom. The lowest BCUT2D eigenvalue weighted by atomic mass is 9.73. The Hall–Kier alpha value is -3.09. The molecule has 5 rings (SSSR count). The number of piperidine rings is 2. The maximum absolute atomic E-state index is 12.7. The molecule has 7 nitrogen and oxygen atoms in total. The van der Waals surface area contributed by atoms with Crippen molar-refractivity contribution in [2.75, 3.05) is 24.5 Å². The number of carbonyl (C=O) groups excluding carboxylic acids is 2. The van der Waals surface area contributed by atoms with Crippen molar-refractivity contribution in [1.82, 2.24) is 15.3 Å². The van der Waals surface area contributed by atoms with Crippen molar-refractivity contribution in [1.29, 1.82) is 0 Å². The second kappa shape index (κ2) is 6.22. The molecule has 2 aliphatic heterocycles. The molecule has 1 aromatic carbocycles. The van der Waals surface area contributed by atoms with Crippen LogP contribution >= 0.6 is 0 Å². The third kappa shape index (κ3) is 2.46. The van der Waals surface area contributed by atoms with Crippen molar-refractivity contribution in [3.63, 3.8) is 0 Å². The molecule has 1 spiro atoms. The number of anilines is 1. The Morgan fingerprint density at radius 3 is 2.86 bits per heavy atom. The highest BCUT2D eigenvalue weighted by Crippen LogP contribution is 2.41. The zero-order chi connectivity index (χ0) is 19.3. The number of hydrogen-bond acceptors (Lipinski definition) is 4. The van der Waals surface area contributed by atoms with Crippen LogP contribution in [0.25, 0.3) is 21.8 Å². The number of nitrogens with two attached hydrogens (primary N) is 1. The molecule has 1 unspecified atom stereocenters. The highest BCUT2D eigenvalue weighted by molar-refractivity contribution is 6.18. The van der Waals surface area contributed by atoms with Gasteiger partial charge in [-0.05, 0) is 31.7 Å². The number of amides is 2. The van der Waals surface area contributed by atoms with Crippen LogP contribution in [-0.2, 0) is 4.79 Å². The van der Waals surface area contributed by atoms with E-state index in [0.29, 0.717) is 17.6 Å². The Balaban J connectivity index is 1.67. The van der Waals surface area contributed by atoms with Crippen LogP contribution in [0.3, 0.4) is 0 Å². The summed E-state index contributed by atoms with van der Waals surface area (Å²) in [5.41, 5.74) is 7.29. The van der Waals surface area contributed by atoms with Gasteiger partial charge in [-0.25, -0.2) is 4.98 Å². The zero-order valence-electron chi connectivity index (χ0n) is 15.6. The third-order valence-electron chi connectivity index (χ3n) is 6.26. The van der Waals surface area contributed by atoms with Crippen molar-refractivity contribution < 1.29 is 9.59 Å². The lowest BCUT2D eigenvalue weighted by Crippen LogP contribution is -2.55. The monoisotopic (exact) mass is 377 g/mol. The van der Waals surface area contributed by atoms with Crippen molar-refractivity contribution in [2.45, 2.75) is 25.7 Å². The number of para-hydroxylation sites is 1. The van der Waals surface area contributed by atoms with Gasteiger partial charge in [0.1, 0.15) is 5.82 Å². The van der Waals surface area contributed by atoms with Gasteiger partial charge in [0.25, 0.3) is 5.91 Å². The molecule has 4 N–H and O–H groups in total. The minimum atomic E-state index is -0.502. The fourth-order valence-corrected chi connectivity index (χ4v) is 4.89. The van der Waals surface area contributed by atoms with E-state index < -0.39 is 5.91 Å². The Labute approximate surface area is 162 Å². The number of carbonyl (C=O) groups is 2. The molecule has 0 saturated carbocycles. The molecule has 144 valence electrons. The van der Waals surface area contributed by atoms with Gasteiger partial charge in [0, 0.05) is 36.7 Å². The van der Waals surface area contributed by atoms with Gasteiger partial charge in [-0.3, -0.25) is 9.59 Å². The maximum atomic E-state index is 12.7. The average molecular weight is 377 g/mol. The number of aromatic nitrogens is 2. The summed E-state index contributed by atoms with van der Waals surface area (Å²) < 4.78 is 0. The first-order valence-electron chi connectivity index (χ1n) is 9.82. The molecule has 2 fully saturated rings. The molecule has 2 saturated heterocycles. The summed E-state index contributed by atoms with van der Waals surface area (Å²) in [6.45, 7) is 2.25. The summed E-state index contributed by atoms with van der Waals surface area (Å²) in [7, 11) is 0. The number of pyridine rings is 1. The first kappa shape index (κ1) is 17.0. The molecule has 0 bridgehead atoms. The van der Waals surface area contributed by atoms with Crippen molar-refractivity contribution in [3.8, 4) is 0 Å². The summed E-state index contributed by atoms with van der Waals surface area (Å²) in [6, 6.07) is 7.94. The van der Waals surface area contributed by atoms with Crippen LogP contribution in [0.5, 0.6) is 0 Å². The Kier molecular flexibility index (Phi) is 3.79. The Morgan fingerprint density at radius 2 is 2.04 bits per heavy atom. The molecule has 0 aliphatic carbocycles. The van der Waals surface area contributed by atoms with E-state index in [1.54, 1.807) is 6.20 Å². The van der Waals surface area contributed by atoms with E-state index in [0.717, 1.165) is 60.9 Å². The van der Waals surface area contributed by atoms with Gasteiger partial charge in [-0.2, -0.15) is 0 Å². The van der Waals surface area contributed by atoms with E-state index in [2.05, 4.69) is 20.2 Å². The van der Waals surface area contributed by atoms with Crippen molar-refractivity contribution in [2.24, 2.45) is 11.1 Å². The van der Waals surface area contributed by atoms with E-state index in [-0.39, 0.29) is 11.3 Å². The van der Waals surface area contributed by atoms with Gasteiger partial charge in [0.15, 0.2) is 0 Å². The van der Waals surface area contributed by atoms with E-state index >= 15 is 0 Å². The average Bonchev–Trinajstić information content (AvgIpc) is 3.09. The molecule has 3 aromatic rings. The topological polar surface area (TPSA) is 104 Å². The smallest absolute Gasteiger partial charge is 0.252 e. The number of aromatic amines is 1. The molecule has 1 atom stereocenters. The third-order valence-corrected chi connectivity index (χ3v) is 6.26. The van der Waals surface area contributed by atoms with Crippen molar-refractivity contribution >= 4 is 39.4 Å². The molecular formula is C21H23N5O2. The second-order valence-electron chi connectivity index (χ2n) is 7.95. The lowest BCUT2D eigenvalue weighted by Gasteiger charge is -2.44. The highest BCUT2D eigenvalue weighted by Gasteiger charge is 2.44. The largest absolute Gasteiger partial charge is 0.365 e.